The molecule has 0 aliphatic carbocycles. The van der Waals surface area contributed by atoms with Gasteiger partial charge < -0.3 is 19.7 Å². The van der Waals surface area contributed by atoms with Gasteiger partial charge in [-0.3, -0.25) is 4.79 Å². The lowest BCUT2D eigenvalue weighted by Gasteiger charge is -2.26. The zero-order valence-electron chi connectivity index (χ0n) is 14.7. The Morgan fingerprint density at radius 1 is 1.16 bits per heavy atom. The molecule has 0 spiro atoms. The molecule has 1 atom stereocenters. The van der Waals surface area contributed by atoms with E-state index in [0.717, 1.165) is 15.8 Å². The fraction of sp³-hybridized carbons (Fsp3) is 0.316. The van der Waals surface area contributed by atoms with Crippen molar-refractivity contribution >= 4 is 21.8 Å². The normalized spacial score (nSPS) is 11.9. The van der Waals surface area contributed by atoms with Gasteiger partial charge in [-0.05, 0) is 44.4 Å². The molecular weight excluding hydrogens is 384 g/mol. The summed E-state index contributed by atoms with van der Waals surface area (Å²) >= 11 is 3.36. The van der Waals surface area contributed by atoms with Crippen LogP contribution in [0.3, 0.4) is 0 Å². The first-order valence-electron chi connectivity index (χ1n) is 7.95. The molecule has 0 heterocycles. The summed E-state index contributed by atoms with van der Waals surface area (Å²) in [5.74, 6) is 1.30. The largest absolute Gasteiger partial charge is 0.496 e. The molecular formula is C19H23BrN2O3. The molecule has 0 aliphatic rings. The van der Waals surface area contributed by atoms with E-state index < -0.39 is 0 Å². The predicted molar refractivity (Wildman–Crippen MR) is 102 cm³/mol. The smallest absolute Gasteiger partial charge is 0.258 e. The fourth-order valence-corrected chi connectivity index (χ4v) is 2.72. The van der Waals surface area contributed by atoms with Gasteiger partial charge in [0, 0.05) is 16.6 Å². The second kappa shape index (κ2) is 9.44. The third kappa shape index (κ3) is 5.76. The summed E-state index contributed by atoms with van der Waals surface area (Å²) in [7, 11) is 5.60. The minimum atomic E-state index is -0.162. The zero-order chi connectivity index (χ0) is 18.2. The van der Waals surface area contributed by atoms with Crippen molar-refractivity contribution < 1.29 is 14.3 Å². The quantitative estimate of drug-likeness (QED) is 0.730. The van der Waals surface area contributed by atoms with Gasteiger partial charge in [0.1, 0.15) is 11.5 Å². The molecule has 5 nitrogen and oxygen atoms in total. The minimum absolute atomic E-state index is 0.00720. The van der Waals surface area contributed by atoms with E-state index >= 15 is 0 Å². The standard InChI is InChI=1S/C19H23BrN2O3/c1-22(2)17(16-6-4-5-7-18(16)24-3)12-21-19(23)13-25-15-10-8-14(20)9-11-15/h4-11,17H,12-13H2,1-3H3,(H,21,23). The lowest BCUT2D eigenvalue weighted by Crippen LogP contribution is -2.37. The van der Waals surface area contributed by atoms with Crippen molar-refractivity contribution in [1.29, 1.82) is 0 Å². The van der Waals surface area contributed by atoms with E-state index in [2.05, 4.69) is 21.2 Å². The Hall–Kier alpha value is -2.05. The molecule has 1 N–H and O–H groups in total. The lowest BCUT2D eigenvalue weighted by molar-refractivity contribution is -0.123. The Morgan fingerprint density at radius 2 is 1.84 bits per heavy atom. The number of carbonyl (C=O) groups excluding carboxylic acids is 1. The number of hydrogen-bond acceptors (Lipinski definition) is 4. The first-order valence-corrected chi connectivity index (χ1v) is 8.75. The summed E-state index contributed by atoms with van der Waals surface area (Å²) in [5.41, 5.74) is 1.03. The average molecular weight is 407 g/mol. The second-order valence-electron chi connectivity index (χ2n) is 5.77. The molecule has 134 valence electrons. The zero-order valence-corrected chi connectivity index (χ0v) is 16.2. The summed E-state index contributed by atoms with van der Waals surface area (Å²) < 4.78 is 11.9. The molecule has 2 aromatic carbocycles. The Kier molecular flexibility index (Phi) is 7.28. The number of hydrogen-bond donors (Lipinski definition) is 1. The number of nitrogens with zero attached hydrogens (tertiary/aromatic N) is 1. The van der Waals surface area contributed by atoms with Crippen LogP contribution in [0.25, 0.3) is 0 Å². The van der Waals surface area contributed by atoms with Crippen molar-refractivity contribution in [2.75, 3.05) is 34.4 Å². The number of methoxy groups -OCH3 is 1. The van der Waals surface area contributed by atoms with Crippen molar-refractivity contribution in [1.82, 2.24) is 10.2 Å². The molecule has 6 heteroatoms. The highest BCUT2D eigenvalue weighted by molar-refractivity contribution is 9.10. The molecule has 25 heavy (non-hydrogen) atoms. The Morgan fingerprint density at radius 3 is 2.48 bits per heavy atom. The van der Waals surface area contributed by atoms with Crippen LogP contribution in [-0.2, 0) is 4.79 Å². The van der Waals surface area contributed by atoms with E-state index in [1.807, 2.05) is 67.5 Å². The second-order valence-corrected chi connectivity index (χ2v) is 6.68. The van der Waals surface area contributed by atoms with Crippen molar-refractivity contribution in [3.05, 3.63) is 58.6 Å². The first kappa shape index (κ1) is 19.3. The number of ether oxygens (including phenoxy) is 2. The maximum atomic E-state index is 12.1. The summed E-state index contributed by atoms with van der Waals surface area (Å²) in [6.07, 6.45) is 0. The van der Waals surface area contributed by atoms with Gasteiger partial charge in [0.05, 0.1) is 13.2 Å². The Balaban J connectivity index is 1.92. The van der Waals surface area contributed by atoms with Crippen LogP contribution < -0.4 is 14.8 Å². The van der Waals surface area contributed by atoms with Crippen molar-refractivity contribution in [3.8, 4) is 11.5 Å². The molecule has 0 radical (unpaired) electrons. The number of amides is 1. The highest BCUT2D eigenvalue weighted by atomic mass is 79.9. The van der Waals surface area contributed by atoms with Crippen LogP contribution in [0.5, 0.6) is 11.5 Å². The molecule has 0 saturated carbocycles. The van der Waals surface area contributed by atoms with Crippen molar-refractivity contribution in [2.24, 2.45) is 0 Å². The minimum Gasteiger partial charge on any atom is -0.496 e. The summed E-state index contributed by atoms with van der Waals surface area (Å²) in [6, 6.07) is 15.2. The van der Waals surface area contributed by atoms with Crippen LogP contribution in [0.4, 0.5) is 0 Å². The van der Waals surface area contributed by atoms with Crippen LogP contribution >= 0.6 is 15.9 Å². The molecule has 2 aromatic rings. The summed E-state index contributed by atoms with van der Waals surface area (Å²) in [6.45, 7) is 0.448. The van der Waals surface area contributed by atoms with E-state index in [0.29, 0.717) is 12.3 Å². The number of halogens is 1. The van der Waals surface area contributed by atoms with E-state index in [1.165, 1.54) is 0 Å². The molecule has 1 unspecified atom stereocenters. The van der Waals surface area contributed by atoms with E-state index in [-0.39, 0.29) is 18.6 Å². The lowest BCUT2D eigenvalue weighted by atomic mass is 10.0. The van der Waals surface area contributed by atoms with Gasteiger partial charge in [-0.25, -0.2) is 0 Å². The van der Waals surface area contributed by atoms with Gasteiger partial charge in [0.25, 0.3) is 5.91 Å². The molecule has 0 saturated heterocycles. The van der Waals surface area contributed by atoms with Gasteiger partial charge >= 0.3 is 0 Å². The van der Waals surface area contributed by atoms with Crippen LogP contribution in [0.1, 0.15) is 11.6 Å². The van der Waals surface area contributed by atoms with Crippen LogP contribution in [0.15, 0.2) is 53.0 Å². The van der Waals surface area contributed by atoms with Crippen molar-refractivity contribution in [3.63, 3.8) is 0 Å². The average Bonchev–Trinajstić information content (AvgIpc) is 2.61. The molecule has 2 rings (SSSR count). The highest BCUT2D eigenvalue weighted by Crippen LogP contribution is 2.27. The monoisotopic (exact) mass is 406 g/mol. The highest BCUT2D eigenvalue weighted by Gasteiger charge is 2.19. The summed E-state index contributed by atoms with van der Waals surface area (Å²) in [4.78, 5) is 14.2. The van der Waals surface area contributed by atoms with Gasteiger partial charge in [0.2, 0.25) is 0 Å². The number of likely N-dealkylation sites (N-methyl/N-ethyl adjacent to an activating group) is 1. The van der Waals surface area contributed by atoms with Gasteiger partial charge in [-0.1, -0.05) is 34.1 Å². The maximum Gasteiger partial charge on any atom is 0.258 e. The molecule has 1 amide bonds. The predicted octanol–water partition coefficient (Wildman–Crippen LogP) is 3.26. The third-order valence-electron chi connectivity index (χ3n) is 3.80. The van der Waals surface area contributed by atoms with Crippen LogP contribution in [0, 0.1) is 0 Å². The maximum absolute atomic E-state index is 12.1. The Bertz CT molecular complexity index is 689. The fourth-order valence-electron chi connectivity index (χ4n) is 2.45. The number of para-hydroxylation sites is 1. The molecule has 0 fully saturated rings. The topological polar surface area (TPSA) is 50.8 Å². The van der Waals surface area contributed by atoms with Gasteiger partial charge in [-0.15, -0.1) is 0 Å². The molecule has 0 aromatic heterocycles. The number of rotatable bonds is 8. The summed E-state index contributed by atoms with van der Waals surface area (Å²) in [5, 5.41) is 2.93. The van der Waals surface area contributed by atoms with E-state index in [9.17, 15) is 4.79 Å². The molecule has 0 bridgehead atoms. The van der Waals surface area contributed by atoms with Crippen LogP contribution in [0.2, 0.25) is 0 Å². The van der Waals surface area contributed by atoms with E-state index in [4.69, 9.17) is 9.47 Å². The van der Waals surface area contributed by atoms with E-state index in [1.54, 1.807) is 7.11 Å². The number of benzene rings is 2. The SMILES string of the molecule is COc1ccccc1C(CNC(=O)COc1ccc(Br)cc1)N(C)C. The first-order chi connectivity index (χ1) is 12.0. The third-order valence-corrected chi connectivity index (χ3v) is 4.33. The molecule has 0 aliphatic heterocycles. The van der Waals surface area contributed by atoms with Gasteiger partial charge in [-0.2, -0.15) is 0 Å². The Labute approximate surface area is 157 Å². The van der Waals surface area contributed by atoms with Gasteiger partial charge in [0.15, 0.2) is 6.61 Å². The number of nitrogens with one attached hydrogen (secondary N) is 1. The number of carbonyl (C=O) groups is 1. The van der Waals surface area contributed by atoms with Crippen molar-refractivity contribution in [2.45, 2.75) is 6.04 Å². The van der Waals surface area contributed by atoms with Crippen LogP contribution in [-0.4, -0.2) is 45.2 Å².